The first-order valence-corrected chi connectivity index (χ1v) is 10.7. The molecule has 2 fully saturated rings. The average molecular weight is 382 g/mol. The highest BCUT2D eigenvalue weighted by atomic mass is 16.5. The van der Waals surface area contributed by atoms with Crippen LogP contribution < -0.4 is 5.32 Å². The molecule has 2 aromatic rings. The Bertz CT molecular complexity index is 815. The first-order chi connectivity index (χ1) is 13.6. The lowest BCUT2D eigenvalue weighted by Gasteiger charge is -2.31. The van der Waals surface area contributed by atoms with E-state index < -0.39 is 0 Å². The van der Waals surface area contributed by atoms with Gasteiger partial charge in [0, 0.05) is 11.8 Å². The average Bonchev–Trinajstić information content (AvgIpc) is 3.16. The predicted octanol–water partition coefficient (Wildman–Crippen LogP) is 5.09. The fourth-order valence-corrected chi connectivity index (χ4v) is 4.70. The van der Waals surface area contributed by atoms with Gasteiger partial charge in [-0.05, 0) is 81.8 Å². The monoisotopic (exact) mass is 381 g/mol. The molecular formula is C23H31N3O2. The van der Waals surface area contributed by atoms with Gasteiger partial charge in [0.25, 0.3) is 5.91 Å². The number of hydrogen-bond acceptors (Lipinski definition) is 4. The number of likely N-dealkylation sites (tertiary alicyclic amines) is 1. The van der Waals surface area contributed by atoms with Gasteiger partial charge in [0.2, 0.25) is 0 Å². The summed E-state index contributed by atoms with van der Waals surface area (Å²) in [6.45, 7) is 4.12. The number of rotatable bonds is 4. The van der Waals surface area contributed by atoms with E-state index in [-0.39, 0.29) is 5.91 Å². The summed E-state index contributed by atoms with van der Waals surface area (Å²) in [6.07, 6.45) is 8.73. The van der Waals surface area contributed by atoms with Crippen LogP contribution in [0.1, 0.15) is 84.2 Å². The first-order valence-electron chi connectivity index (χ1n) is 10.7. The summed E-state index contributed by atoms with van der Waals surface area (Å²) in [6, 6.07) is 8.40. The zero-order valence-electron chi connectivity index (χ0n) is 17.0. The van der Waals surface area contributed by atoms with Crippen molar-refractivity contribution < 1.29 is 9.32 Å². The van der Waals surface area contributed by atoms with E-state index in [1.807, 2.05) is 0 Å². The van der Waals surface area contributed by atoms with E-state index in [1.165, 1.54) is 56.1 Å². The Labute approximate surface area is 167 Å². The van der Waals surface area contributed by atoms with Crippen LogP contribution in [0.3, 0.4) is 0 Å². The standard InChI is InChI=1S/C23H31N3O2/c1-16-14-22(25-28-16)23(27)24-21-9-8-19(17-10-12-26(2)13-11-17)15-20(21)18-6-4-3-5-7-18/h8-9,14-15,17-18H,3-7,10-13H2,1-2H3,(H,24,27). The van der Waals surface area contributed by atoms with Crippen molar-refractivity contribution in [2.45, 2.75) is 63.7 Å². The van der Waals surface area contributed by atoms with Crippen molar-refractivity contribution in [1.82, 2.24) is 10.1 Å². The third-order valence-electron chi connectivity index (χ3n) is 6.42. The quantitative estimate of drug-likeness (QED) is 0.801. The number of amides is 1. The summed E-state index contributed by atoms with van der Waals surface area (Å²) >= 11 is 0. The molecule has 0 radical (unpaired) electrons. The summed E-state index contributed by atoms with van der Waals surface area (Å²) in [7, 11) is 2.20. The van der Waals surface area contributed by atoms with Crippen LogP contribution in [0.5, 0.6) is 0 Å². The van der Waals surface area contributed by atoms with Gasteiger partial charge in [0.05, 0.1) is 0 Å². The van der Waals surface area contributed by atoms with E-state index in [2.05, 4.69) is 40.6 Å². The van der Waals surface area contributed by atoms with Gasteiger partial charge in [-0.25, -0.2) is 0 Å². The molecule has 1 aromatic carbocycles. The summed E-state index contributed by atoms with van der Waals surface area (Å²) in [4.78, 5) is 15.1. The highest BCUT2D eigenvalue weighted by Gasteiger charge is 2.24. The van der Waals surface area contributed by atoms with Crippen molar-refractivity contribution in [3.8, 4) is 0 Å². The Hall–Kier alpha value is -2.14. The highest BCUT2D eigenvalue weighted by Crippen LogP contribution is 2.39. The van der Waals surface area contributed by atoms with E-state index in [9.17, 15) is 4.79 Å². The molecule has 1 N–H and O–H groups in total. The Morgan fingerprint density at radius 1 is 1.07 bits per heavy atom. The zero-order chi connectivity index (χ0) is 19.5. The summed E-state index contributed by atoms with van der Waals surface area (Å²) in [5.41, 5.74) is 4.02. The number of nitrogens with zero attached hydrogens (tertiary/aromatic N) is 2. The molecule has 150 valence electrons. The van der Waals surface area contributed by atoms with E-state index in [4.69, 9.17) is 4.52 Å². The van der Waals surface area contributed by atoms with Gasteiger partial charge in [0.15, 0.2) is 5.69 Å². The van der Waals surface area contributed by atoms with E-state index in [1.54, 1.807) is 13.0 Å². The maximum absolute atomic E-state index is 12.6. The zero-order valence-corrected chi connectivity index (χ0v) is 17.0. The van der Waals surface area contributed by atoms with E-state index in [0.717, 1.165) is 18.8 Å². The molecule has 0 spiro atoms. The Kier molecular flexibility index (Phi) is 5.81. The Balaban J connectivity index is 1.60. The molecule has 1 saturated heterocycles. The van der Waals surface area contributed by atoms with Crippen molar-refractivity contribution >= 4 is 11.6 Å². The fraction of sp³-hybridized carbons (Fsp3) is 0.565. The lowest BCUT2D eigenvalue weighted by atomic mass is 9.80. The topological polar surface area (TPSA) is 58.4 Å². The van der Waals surface area contributed by atoms with Gasteiger partial charge < -0.3 is 14.7 Å². The predicted molar refractivity (Wildman–Crippen MR) is 111 cm³/mol. The normalized spacial score (nSPS) is 19.6. The van der Waals surface area contributed by atoms with Crippen molar-refractivity contribution in [3.05, 3.63) is 46.8 Å². The molecule has 1 aromatic heterocycles. The number of aryl methyl sites for hydroxylation is 1. The van der Waals surface area contributed by atoms with Crippen LogP contribution in [0.2, 0.25) is 0 Å². The van der Waals surface area contributed by atoms with Crippen molar-refractivity contribution in [2.75, 3.05) is 25.5 Å². The van der Waals surface area contributed by atoms with Gasteiger partial charge >= 0.3 is 0 Å². The molecule has 1 saturated carbocycles. The maximum atomic E-state index is 12.6. The number of aromatic nitrogens is 1. The number of nitrogens with one attached hydrogen (secondary N) is 1. The number of anilines is 1. The Morgan fingerprint density at radius 2 is 1.82 bits per heavy atom. The van der Waals surface area contributed by atoms with Crippen LogP contribution >= 0.6 is 0 Å². The van der Waals surface area contributed by atoms with E-state index in [0.29, 0.717) is 23.3 Å². The number of hydrogen-bond donors (Lipinski definition) is 1. The number of carbonyl (C=O) groups excluding carboxylic acids is 1. The van der Waals surface area contributed by atoms with Gasteiger partial charge in [-0.1, -0.05) is 36.6 Å². The molecular weight excluding hydrogens is 350 g/mol. The molecule has 1 aliphatic heterocycles. The minimum Gasteiger partial charge on any atom is -0.361 e. The minimum atomic E-state index is -0.194. The lowest BCUT2D eigenvalue weighted by Crippen LogP contribution is -2.29. The molecule has 4 rings (SSSR count). The second kappa shape index (κ2) is 8.48. The van der Waals surface area contributed by atoms with Crippen LogP contribution in [0.15, 0.2) is 28.8 Å². The SMILES string of the molecule is Cc1cc(C(=O)Nc2ccc(C3CCN(C)CC3)cc2C2CCCCC2)no1. The van der Waals surface area contributed by atoms with E-state index >= 15 is 0 Å². The molecule has 0 atom stereocenters. The molecule has 1 amide bonds. The maximum Gasteiger partial charge on any atom is 0.277 e. The summed E-state index contributed by atoms with van der Waals surface area (Å²) < 4.78 is 5.06. The van der Waals surface area contributed by atoms with Gasteiger partial charge in [0.1, 0.15) is 5.76 Å². The Morgan fingerprint density at radius 3 is 2.50 bits per heavy atom. The van der Waals surface area contributed by atoms with Crippen LogP contribution in [0.4, 0.5) is 5.69 Å². The molecule has 5 nitrogen and oxygen atoms in total. The third kappa shape index (κ3) is 4.30. The molecule has 5 heteroatoms. The number of benzene rings is 1. The summed E-state index contributed by atoms with van der Waals surface area (Å²) in [5, 5.41) is 6.97. The van der Waals surface area contributed by atoms with Crippen molar-refractivity contribution in [1.29, 1.82) is 0 Å². The van der Waals surface area contributed by atoms with Gasteiger partial charge in [-0.15, -0.1) is 0 Å². The molecule has 0 bridgehead atoms. The van der Waals surface area contributed by atoms with Crippen LogP contribution in [0.25, 0.3) is 0 Å². The van der Waals surface area contributed by atoms with Crippen molar-refractivity contribution in [2.24, 2.45) is 0 Å². The largest absolute Gasteiger partial charge is 0.361 e. The molecule has 2 aliphatic rings. The van der Waals surface area contributed by atoms with Crippen LogP contribution in [0, 0.1) is 6.92 Å². The number of piperidine rings is 1. The minimum absolute atomic E-state index is 0.194. The second-order valence-corrected chi connectivity index (χ2v) is 8.54. The fourth-order valence-electron chi connectivity index (χ4n) is 4.70. The number of carbonyl (C=O) groups is 1. The molecule has 0 unspecified atom stereocenters. The first kappa shape index (κ1) is 19.2. The van der Waals surface area contributed by atoms with Crippen LogP contribution in [-0.2, 0) is 0 Å². The molecule has 2 heterocycles. The third-order valence-corrected chi connectivity index (χ3v) is 6.42. The second-order valence-electron chi connectivity index (χ2n) is 8.54. The molecule has 1 aliphatic carbocycles. The highest BCUT2D eigenvalue weighted by molar-refractivity contribution is 6.03. The summed E-state index contributed by atoms with van der Waals surface area (Å²) in [5.74, 6) is 1.62. The van der Waals surface area contributed by atoms with Crippen molar-refractivity contribution in [3.63, 3.8) is 0 Å². The molecule has 28 heavy (non-hydrogen) atoms. The van der Waals surface area contributed by atoms with Crippen LogP contribution in [-0.4, -0.2) is 36.1 Å². The van der Waals surface area contributed by atoms with Gasteiger partial charge in [-0.3, -0.25) is 4.79 Å². The van der Waals surface area contributed by atoms with Gasteiger partial charge in [-0.2, -0.15) is 0 Å². The lowest BCUT2D eigenvalue weighted by molar-refractivity contribution is 0.101. The smallest absolute Gasteiger partial charge is 0.277 e.